The zero-order valence-corrected chi connectivity index (χ0v) is 10.5. The van der Waals surface area contributed by atoms with E-state index < -0.39 is 5.54 Å². The highest BCUT2D eigenvalue weighted by Gasteiger charge is 2.49. The van der Waals surface area contributed by atoms with E-state index in [-0.39, 0.29) is 18.4 Å². The smallest absolute Gasteiger partial charge is 0.262 e. The van der Waals surface area contributed by atoms with Crippen LogP contribution in [0.5, 0.6) is 0 Å². The van der Waals surface area contributed by atoms with Crippen LogP contribution < -0.4 is 0 Å². The Balaban J connectivity index is 2.03. The predicted octanol–water partition coefficient (Wildman–Crippen LogP) is 0.824. The quantitative estimate of drug-likeness (QED) is 0.800. The van der Waals surface area contributed by atoms with Gasteiger partial charge in [0.25, 0.3) is 11.8 Å². The maximum Gasteiger partial charge on any atom is 0.262 e. The van der Waals surface area contributed by atoms with Crippen molar-refractivity contribution < 1.29 is 19.4 Å². The highest BCUT2D eigenvalue weighted by Crippen LogP contribution is 2.35. The Bertz CT molecular complexity index is 499. The Morgan fingerprint density at radius 2 is 1.63 bits per heavy atom. The number of amides is 2. The Kier molecular flexibility index (Phi) is 2.88. The van der Waals surface area contributed by atoms with E-state index in [1.807, 2.05) is 0 Å². The Morgan fingerprint density at radius 1 is 1.11 bits per heavy atom. The largest absolute Gasteiger partial charge is 0.394 e. The van der Waals surface area contributed by atoms with Gasteiger partial charge in [-0.1, -0.05) is 12.1 Å². The second-order valence-corrected chi connectivity index (χ2v) is 4.99. The SMILES string of the molecule is O=C1c2ccccc2C(=O)N1C1(CO)CCOCC1. The minimum absolute atomic E-state index is 0.220. The Morgan fingerprint density at radius 3 is 2.11 bits per heavy atom. The van der Waals surface area contributed by atoms with Gasteiger partial charge in [-0.15, -0.1) is 0 Å². The van der Waals surface area contributed by atoms with Crippen LogP contribution in [0.3, 0.4) is 0 Å². The molecule has 2 amide bonds. The number of hydrogen-bond donors (Lipinski definition) is 1. The summed E-state index contributed by atoms with van der Waals surface area (Å²) in [6.07, 6.45) is 0.962. The number of hydrogen-bond acceptors (Lipinski definition) is 4. The first-order valence-electron chi connectivity index (χ1n) is 6.36. The summed E-state index contributed by atoms with van der Waals surface area (Å²) in [5, 5.41) is 9.71. The molecule has 1 saturated heterocycles. The lowest BCUT2D eigenvalue weighted by atomic mass is 9.89. The van der Waals surface area contributed by atoms with Gasteiger partial charge < -0.3 is 9.84 Å². The third-order valence-electron chi connectivity index (χ3n) is 3.99. The first kappa shape index (κ1) is 12.3. The molecule has 0 radical (unpaired) electrons. The number of benzene rings is 1. The molecule has 5 heteroatoms. The van der Waals surface area contributed by atoms with Crippen molar-refractivity contribution >= 4 is 11.8 Å². The summed E-state index contributed by atoms with van der Waals surface area (Å²) in [5.74, 6) is -0.617. The molecule has 100 valence electrons. The van der Waals surface area contributed by atoms with Gasteiger partial charge in [-0.05, 0) is 25.0 Å². The van der Waals surface area contributed by atoms with Crippen molar-refractivity contribution in [1.82, 2.24) is 4.90 Å². The van der Waals surface area contributed by atoms with Gasteiger partial charge in [0.1, 0.15) is 0 Å². The van der Waals surface area contributed by atoms with Crippen LogP contribution in [0.4, 0.5) is 0 Å². The number of ether oxygens (including phenoxy) is 1. The predicted molar refractivity (Wildman–Crippen MR) is 66.8 cm³/mol. The molecule has 2 heterocycles. The van der Waals surface area contributed by atoms with Gasteiger partial charge in [0, 0.05) is 13.2 Å². The van der Waals surface area contributed by atoms with E-state index in [9.17, 15) is 14.7 Å². The van der Waals surface area contributed by atoms with Crippen molar-refractivity contribution in [3.05, 3.63) is 35.4 Å². The molecule has 0 aromatic heterocycles. The van der Waals surface area contributed by atoms with Crippen molar-refractivity contribution in [2.24, 2.45) is 0 Å². The molecule has 0 aliphatic carbocycles. The highest BCUT2D eigenvalue weighted by atomic mass is 16.5. The Hall–Kier alpha value is -1.72. The lowest BCUT2D eigenvalue weighted by Crippen LogP contribution is -2.57. The van der Waals surface area contributed by atoms with Crippen molar-refractivity contribution in [2.45, 2.75) is 18.4 Å². The van der Waals surface area contributed by atoms with Crippen LogP contribution in [0.25, 0.3) is 0 Å². The topological polar surface area (TPSA) is 66.8 Å². The zero-order valence-electron chi connectivity index (χ0n) is 10.5. The van der Waals surface area contributed by atoms with Crippen LogP contribution in [0.15, 0.2) is 24.3 Å². The molecule has 19 heavy (non-hydrogen) atoms. The number of fused-ring (bicyclic) bond motifs is 1. The maximum absolute atomic E-state index is 12.4. The molecule has 1 aromatic rings. The molecule has 0 unspecified atom stereocenters. The van der Waals surface area contributed by atoms with Crippen LogP contribution >= 0.6 is 0 Å². The molecule has 3 rings (SSSR count). The maximum atomic E-state index is 12.4. The average molecular weight is 261 g/mol. The van der Waals surface area contributed by atoms with E-state index in [1.165, 1.54) is 4.90 Å². The molecule has 0 bridgehead atoms. The molecule has 2 aliphatic rings. The summed E-state index contributed by atoms with van der Waals surface area (Å²) in [4.78, 5) is 26.1. The minimum Gasteiger partial charge on any atom is -0.394 e. The van der Waals surface area contributed by atoms with Crippen molar-refractivity contribution in [2.75, 3.05) is 19.8 Å². The summed E-state index contributed by atoms with van der Waals surface area (Å²) in [6.45, 7) is 0.684. The third kappa shape index (κ3) is 1.69. The van der Waals surface area contributed by atoms with E-state index in [0.29, 0.717) is 37.2 Å². The summed E-state index contributed by atoms with van der Waals surface area (Å²) in [5.41, 5.74) is 0.0319. The molecule has 0 atom stereocenters. The fourth-order valence-electron chi connectivity index (χ4n) is 2.82. The molecule has 1 N–H and O–H groups in total. The van der Waals surface area contributed by atoms with Gasteiger partial charge >= 0.3 is 0 Å². The van der Waals surface area contributed by atoms with Gasteiger partial charge in [-0.2, -0.15) is 0 Å². The van der Waals surface area contributed by atoms with Crippen LogP contribution in [-0.2, 0) is 4.74 Å². The fourth-order valence-corrected chi connectivity index (χ4v) is 2.82. The number of carbonyl (C=O) groups is 2. The van der Waals surface area contributed by atoms with Crippen molar-refractivity contribution in [3.8, 4) is 0 Å². The Labute approximate surface area is 110 Å². The highest BCUT2D eigenvalue weighted by molar-refractivity contribution is 6.21. The van der Waals surface area contributed by atoms with Crippen LogP contribution in [0.1, 0.15) is 33.6 Å². The number of carbonyl (C=O) groups excluding carboxylic acids is 2. The van der Waals surface area contributed by atoms with Gasteiger partial charge in [-0.25, -0.2) is 0 Å². The van der Waals surface area contributed by atoms with Crippen LogP contribution in [-0.4, -0.2) is 47.2 Å². The average Bonchev–Trinajstić information content (AvgIpc) is 2.73. The van der Waals surface area contributed by atoms with Crippen LogP contribution in [0.2, 0.25) is 0 Å². The lowest BCUT2D eigenvalue weighted by molar-refractivity contribution is -0.0337. The molecule has 0 spiro atoms. The number of aliphatic hydroxyl groups excluding tert-OH is 1. The second-order valence-electron chi connectivity index (χ2n) is 4.99. The third-order valence-corrected chi connectivity index (χ3v) is 3.99. The molecule has 5 nitrogen and oxygen atoms in total. The molecular weight excluding hydrogens is 246 g/mol. The van der Waals surface area contributed by atoms with Crippen LogP contribution in [0, 0.1) is 0 Å². The van der Waals surface area contributed by atoms with E-state index in [2.05, 4.69) is 0 Å². The lowest BCUT2D eigenvalue weighted by Gasteiger charge is -2.41. The summed E-state index contributed by atoms with van der Waals surface area (Å²) < 4.78 is 5.27. The van der Waals surface area contributed by atoms with Gasteiger partial charge in [0.05, 0.1) is 23.3 Å². The number of nitrogens with zero attached hydrogens (tertiary/aromatic N) is 1. The summed E-state index contributed by atoms with van der Waals surface area (Å²) in [6, 6.07) is 6.78. The van der Waals surface area contributed by atoms with Gasteiger partial charge in [0.15, 0.2) is 0 Å². The normalized spacial score (nSPS) is 21.6. The standard InChI is InChI=1S/C14H15NO4/c16-9-14(5-7-19-8-6-14)15-12(17)10-3-1-2-4-11(10)13(15)18/h1-4,16H,5-9H2. The minimum atomic E-state index is -0.814. The number of rotatable bonds is 2. The van der Waals surface area contributed by atoms with Gasteiger partial charge in [-0.3, -0.25) is 14.5 Å². The summed E-state index contributed by atoms with van der Waals surface area (Å²) in [7, 11) is 0. The van der Waals surface area contributed by atoms with E-state index in [4.69, 9.17) is 4.74 Å². The summed E-state index contributed by atoms with van der Waals surface area (Å²) >= 11 is 0. The molecule has 1 aromatic carbocycles. The molecule has 1 fully saturated rings. The van der Waals surface area contributed by atoms with Crippen molar-refractivity contribution in [1.29, 1.82) is 0 Å². The van der Waals surface area contributed by atoms with E-state index >= 15 is 0 Å². The first-order valence-corrected chi connectivity index (χ1v) is 6.36. The van der Waals surface area contributed by atoms with E-state index in [1.54, 1.807) is 24.3 Å². The van der Waals surface area contributed by atoms with E-state index in [0.717, 1.165) is 0 Å². The van der Waals surface area contributed by atoms with Gasteiger partial charge in [0.2, 0.25) is 0 Å². The fraction of sp³-hybridized carbons (Fsp3) is 0.429. The molecular formula is C14H15NO4. The van der Waals surface area contributed by atoms with Crippen molar-refractivity contribution in [3.63, 3.8) is 0 Å². The number of imide groups is 1. The first-order chi connectivity index (χ1) is 9.19. The number of aliphatic hydroxyl groups is 1. The monoisotopic (exact) mass is 261 g/mol. The molecule has 2 aliphatic heterocycles. The second kappa shape index (κ2) is 4.43. The molecule has 0 saturated carbocycles. The zero-order chi connectivity index (χ0) is 13.5.